The maximum atomic E-state index is 12.8. The fourth-order valence-electron chi connectivity index (χ4n) is 3.60. The summed E-state index contributed by atoms with van der Waals surface area (Å²) in [6.45, 7) is 2.45. The van der Waals surface area contributed by atoms with E-state index in [1.807, 2.05) is 49.4 Å². The predicted octanol–water partition coefficient (Wildman–Crippen LogP) is 4.22. The highest BCUT2D eigenvalue weighted by Crippen LogP contribution is 2.49. The minimum Gasteiger partial charge on any atom is -0.493 e. The first-order valence-corrected chi connectivity index (χ1v) is 8.98. The molecule has 2 aromatic rings. The van der Waals surface area contributed by atoms with E-state index in [0.29, 0.717) is 24.5 Å². The number of ether oxygens (including phenoxy) is 2. The largest absolute Gasteiger partial charge is 0.493 e. The van der Waals surface area contributed by atoms with Crippen LogP contribution < -0.4 is 14.8 Å². The van der Waals surface area contributed by atoms with Gasteiger partial charge in [-0.15, -0.1) is 0 Å². The number of nitrogens with one attached hydrogen (secondary N) is 1. The number of hydrogen-bond acceptors (Lipinski definition) is 3. The summed E-state index contributed by atoms with van der Waals surface area (Å²) in [6.07, 6.45) is 0.679. The number of hydrogen-bond donors (Lipinski definition) is 1. The quantitative estimate of drug-likeness (QED) is 0.835. The Morgan fingerprint density at radius 2 is 2.12 bits per heavy atom. The molecule has 0 spiro atoms. The van der Waals surface area contributed by atoms with E-state index >= 15 is 0 Å². The molecule has 1 fully saturated rings. The summed E-state index contributed by atoms with van der Waals surface area (Å²) >= 11 is 3.50. The number of carbonyl (C=O) groups excluding carboxylic acids is 1. The van der Waals surface area contributed by atoms with Crippen molar-refractivity contribution in [1.82, 2.24) is 10.2 Å². The Morgan fingerprint density at radius 3 is 2.84 bits per heavy atom. The van der Waals surface area contributed by atoms with Gasteiger partial charge in [0.2, 0.25) is 0 Å². The van der Waals surface area contributed by atoms with Crippen LogP contribution in [0.3, 0.4) is 0 Å². The van der Waals surface area contributed by atoms with Gasteiger partial charge >= 0.3 is 6.03 Å². The first-order valence-electron chi connectivity index (χ1n) is 8.19. The Balaban J connectivity index is 1.74. The SMILES string of the molecule is COc1cc(Br)cc2c1O[C@]1(C)C[C@@H]2NC(=O)N1Cc1ccccc1. The van der Waals surface area contributed by atoms with E-state index in [0.717, 1.165) is 15.6 Å². The van der Waals surface area contributed by atoms with Crippen LogP contribution in [-0.4, -0.2) is 23.8 Å². The van der Waals surface area contributed by atoms with Gasteiger partial charge in [-0.3, -0.25) is 4.90 Å². The van der Waals surface area contributed by atoms with Crippen LogP contribution in [0.1, 0.15) is 30.5 Å². The van der Waals surface area contributed by atoms with Crippen molar-refractivity contribution in [1.29, 1.82) is 0 Å². The molecule has 4 rings (SSSR count). The topological polar surface area (TPSA) is 50.8 Å². The molecule has 0 saturated carbocycles. The van der Waals surface area contributed by atoms with Crippen molar-refractivity contribution in [2.24, 2.45) is 0 Å². The molecule has 0 unspecified atom stereocenters. The number of nitrogens with zero attached hydrogens (tertiary/aromatic N) is 1. The number of rotatable bonds is 3. The van der Waals surface area contributed by atoms with Gasteiger partial charge in [0.05, 0.1) is 19.7 Å². The van der Waals surface area contributed by atoms with Gasteiger partial charge in [0, 0.05) is 16.5 Å². The maximum absolute atomic E-state index is 12.8. The number of halogens is 1. The van der Waals surface area contributed by atoms with Crippen LogP contribution in [0.25, 0.3) is 0 Å². The van der Waals surface area contributed by atoms with Crippen LogP contribution in [-0.2, 0) is 6.54 Å². The van der Waals surface area contributed by atoms with Crippen LogP contribution in [0.4, 0.5) is 4.79 Å². The number of methoxy groups -OCH3 is 1. The van der Waals surface area contributed by atoms with Gasteiger partial charge in [0.15, 0.2) is 17.2 Å². The van der Waals surface area contributed by atoms with Crippen LogP contribution in [0, 0.1) is 0 Å². The molecule has 130 valence electrons. The Labute approximate surface area is 155 Å². The smallest absolute Gasteiger partial charge is 0.321 e. The lowest BCUT2D eigenvalue weighted by Crippen LogP contribution is -2.64. The monoisotopic (exact) mass is 402 g/mol. The molecule has 2 aromatic carbocycles. The number of fused-ring (bicyclic) bond motifs is 4. The van der Waals surface area contributed by atoms with Crippen molar-refractivity contribution in [3.8, 4) is 11.5 Å². The minimum atomic E-state index is -0.725. The van der Waals surface area contributed by atoms with E-state index in [4.69, 9.17) is 9.47 Å². The number of urea groups is 1. The summed E-state index contributed by atoms with van der Waals surface area (Å²) in [5.74, 6) is 1.36. The van der Waals surface area contributed by atoms with Crippen molar-refractivity contribution in [2.75, 3.05) is 7.11 Å². The number of benzene rings is 2. The van der Waals surface area contributed by atoms with E-state index in [1.54, 1.807) is 12.0 Å². The Bertz CT molecular complexity index is 827. The molecule has 5 nitrogen and oxygen atoms in total. The highest BCUT2D eigenvalue weighted by molar-refractivity contribution is 9.10. The van der Waals surface area contributed by atoms with Crippen molar-refractivity contribution in [2.45, 2.75) is 31.7 Å². The van der Waals surface area contributed by atoms with Gasteiger partial charge in [-0.25, -0.2) is 4.79 Å². The molecule has 25 heavy (non-hydrogen) atoms. The second-order valence-corrected chi connectivity index (χ2v) is 7.50. The molecule has 1 saturated heterocycles. The van der Waals surface area contributed by atoms with Crippen LogP contribution >= 0.6 is 15.9 Å². The molecule has 2 atom stereocenters. The summed E-state index contributed by atoms with van der Waals surface area (Å²) in [5.41, 5.74) is 1.28. The zero-order valence-corrected chi connectivity index (χ0v) is 15.7. The third-order valence-corrected chi connectivity index (χ3v) is 5.30. The van der Waals surface area contributed by atoms with Gasteiger partial charge < -0.3 is 14.8 Å². The first-order chi connectivity index (χ1) is 12.0. The van der Waals surface area contributed by atoms with E-state index in [2.05, 4.69) is 21.2 Å². The Kier molecular flexibility index (Phi) is 3.87. The molecule has 2 aliphatic heterocycles. The third kappa shape index (κ3) is 2.74. The Morgan fingerprint density at radius 1 is 1.36 bits per heavy atom. The molecule has 0 aliphatic carbocycles. The highest BCUT2D eigenvalue weighted by atomic mass is 79.9. The molecule has 0 radical (unpaired) electrons. The van der Waals surface area contributed by atoms with E-state index in [-0.39, 0.29) is 12.1 Å². The molecule has 2 heterocycles. The van der Waals surface area contributed by atoms with Crippen LogP contribution in [0.5, 0.6) is 11.5 Å². The summed E-state index contributed by atoms with van der Waals surface area (Å²) in [4.78, 5) is 14.5. The summed E-state index contributed by atoms with van der Waals surface area (Å²) in [6, 6.07) is 13.6. The van der Waals surface area contributed by atoms with Crippen molar-refractivity contribution < 1.29 is 14.3 Å². The number of amides is 2. The van der Waals surface area contributed by atoms with Crippen LogP contribution in [0.2, 0.25) is 0 Å². The molecule has 2 amide bonds. The second kappa shape index (κ2) is 5.95. The van der Waals surface area contributed by atoms with Gasteiger partial charge in [0.1, 0.15) is 0 Å². The standard InChI is InChI=1S/C19H19BrN2O3/c1-19-10-15(14-8-13(20)9-16(24-2)17(14)25-19)21-18(23)22(19)11-12-6-4-3-5-7-12/h3-9,15H,10-11H2,1-2H3,(H,21,23)/t15-,19+/m0/s1. The lowest BCUT2D eigenvalue weighted by molar-refractivity contribution is -0.0891. The summed E-state index contributed by atoms with van der Waals surface area (Å²) < 4.78 is 12.7. The van der Waals surface area contributed by atoms with Gasteiger partial charge in [-0.1, -0.05) is 46.3 Å². The summed E-state index contributed by atoms with van der Waals surface area (Å²) in [7, 11) is 1.62. The van der Waals surface area contributed by atoms with Crippen molar-refractivity contribution >= 4 is 22.0 Å². The zero-order chi connectivity index (χ0) is 17.6. The molecule has 0 aromatic heterocycles. The van der Waals surface area contributed by atoms with Crippen molar-refractivity contribution in [3.63, 3.8) is 0 Å². The molecule has 2 aliphatic rings. The highest BCUT2D eigenvalue weighted by Gasteiger charge is 2.49. The predicted molar refractivity (Wildman–Crippen MR) is 97.6 cm³/mol. The van der Waals surface area contributed by atoms with E-state index in [1.165, 1.54) is 0 Å². The second-order valence-electron chi connectivity index (χ2n) is 6.58. The Hall–Kier alpha value is -2.21. The van der Waals surface area contributed by atoms with Crippen molar-refractivity contribution in [3.05, 3.63) is 58.1 Å². The fourth-order valence-corrected chi connectivity index (χ4v) is 4.05. The lowest BCUT2D eigenvalue weighted by Gasteiger charge is -2.51. The minimum absolute atomic E-state index is 0.0975. The van der Waals surface area contributed by atoms with Gasteiger partial charge in [0.25, 0.3) is 0 Å². The first kappa shape index (κ1) is 16.3. The molecule has 2 bridgehead atoms. The zero-order valence-electron chi connectivity index (χ0n) is 14.1. The van der Waals surface area contributed by atoms with Gasteiger partial charge in [-0.2, -0.15) is 0 Å². The fraction of sp³-hybridized carbons (Fsp3) is 0.316. The third-order valence-electron chi connectivity index (χ3n) is 4.85. The van der Waals surface area contributed by atoms with Gasteiger partial charge in [-0.05, 0) is 24.6 Å². The lowest BCUT2D eigenvalue weighted by atomic mass is 9.90. The molecular formula is C19H19BrN2O3. The maximum Gasteiger partial charge on any atom is 0.321 e. The normalized spacial score (nSPS) is 24.2. The van der Waals surface area contributed by atoms with E-state index in [9.17, 15) is 4.79 Å². The van der Waals surface area contributed by atoms with Crippen LogP contribution in [0.15, 0.2) is 46.9 Å². The summed E-state index contributed by atoms with van der Waals surface area (Å²) in [5, 5.41) is 3.11. The average molecular weight is 403 g/mol. The average Bonchev–Trinajstić information content (AvgIpc) is 2.59. The van der Waals surface area contributed by atoms with E-state index < -0.39 is 5.72 Å². The molecule has 1 N–H and O–H groups in total. The molecular weight excluding hydrogens is 384 g/mol. The number of carbonyl (C=O) groups is 1. The molecule has 6 heteroatoms.